The van der Waals surface area contributed by atoms with Gasteiger partial charge in [-0.05, 0) is 42.5 Å². The van der Waals surface area contributed by atoms with Crippen LogP contribution in [0.5, 0.6) is 0 Å². The van der Waals surface area contributed by atoms with Crippen molar-refractivity contribution in [2.24, 2.45) is 0 Å². The van der Waals surface area contributed by atoms with Crippen molar-refractivity contribution in [2.75, 3.05) is 38.0 Å². The lowest BCUT2D eigenvalue weighted by molar-refractivity contribution is 0.0846. The van der Waals surface area contributed by atoms with Crippen LogP contribution in [-0.4, -0.2) is 40.0 Å². The monoisotopic (exact) mass is 326 g/mol. The number of nitrogens with zero attached hydrogens (tertiary/aromatic N) is 2. The fourth-order valence-electron chi connectivity index (χ4n) is 2.09. The molecule has 2 aromatic carbocycles. The number of hydrazine groups is 1. The molecule has 6 heteroatoms. The Balaban J connectivity index is 1.98. The topological polar surface area (TPSA) is 64.7 Å². The highest BCUT2D eigenvalue weighted by Gasteiger charge is 2.10. The number of carbonyl (C=O) groups excluding carboxylic acids is 2. The molecule has 0 aliphatic rings. The predicted molar refractivity (Wildman–Crippen MR) is 96.5 cm³/mol. The molecule has 0 heterocycles. The molecule has 0 spiro atoms. The fraction of sp³-hybridized carbons (Fsp3) is 0.222. The Labute approximate surface area is 142 Å². The minimum absolute atomic E-state index is 0.363. The summed E-state index contributed by atoms with van der Waals surface area (Å²) in [4.78, 5) is 28.1. The number of amides is 2. The first-order valence-corrected chi connectivity index (χ1v) is 7.54. The number of benzene rings is 2. The largest absolute Gasteiger partial charge is 0.378 e. The van der Waals surface area contributed by atoms with Gasteiger partial charge in [-0.15, -0.1) is 0 Å². The van der Waals surface area contributed by atoms with Crippen LogP contribution in [0.25, 0.3) is 0 Å². The zero-order valence-corrected chi connectivity index (χ0v) is 14.3. The maximum Gasteiger partial charge on any atom is 0.269 e. The van der Waals surface area contributed by atoms with Gasteiger partial charge in [0, 0.05) is 50.7 Å². The van der Waals surface area contributed by atoms with E-state index < -0.39 is 0 Å². The molecule has 6 nitrogen and oxygen atoms in total. The zero-order chi connectivity index (χ0) is 17.7. The quantitative estimate of drug-likeness (QED) is 0.842. The molecular formula is C18H22N4O2. The van der Waals surface area contributed by atoms with Crippen molar-refractivity contribution in [3.8, 4) is 0 Å². The van der Waals surface area contributed by atoms with Crippen LogP contribution in [0.2, 0.25) is 0 Å². The second-order valence-corrected chi connectivity index (χ2v) is 5.79. The van der Waals surface area contributed by atoms with Crippen LogP contribution in [0, 0.1) is 0 Å². The molecule has 0 unspecified atom stereocenters. The Morgan fingerprint density at radius 2 is 1.25 bits per heavy atom. The van der Waals surface area contributed by atoms with Gasteiger partial charge >= 0.3 is 0 Å². The average Bonchev–Trinajstić information content (AvgIpc) is 2.59. The molecule has 0 bridgehead atoms. The minimum atomic E-state index is -0.364. The van der Waals surface area contributed by atoms with E-state index >= 15 is 0 Å². The van der Waals surface area contributed by atoms with Crippen LogP contribution >= 0.6 is 0 Å². The van der Waals surface area contributed by atoms with Crippen molar-refractivity contribution in [1.82, 2.24) is 10.9 Å². The molecule has 0 fully saturated rings. The molecule has 0 saturated carbocycles. The lowest BCUT2D eigenvalue weighted by Gasteiger charge is -2.14. The molecule has 24 heavy (non-hydrogen) atoms. The Hall–Kier alpha value is -3.02. The number of hydrogen-bond donors (Lipinski definition) is 2. The van der Waals surface area contributed by atoms with Gasteiger partial charge in [0.1, 0.15) is 0 Å². The molecule has 2 aromatic rings. The Bertz CT molecular complexity index is 724. The van der Waals surface area contributed by atoms with Crippen LogP contribution < -0.4 is 20.7 Å². The molecule has 0 saturated heterocycles. The van der Waals surface area contributed by atoms with Gasteiger partial charge < -0.3 is 9.80 Å². The molecule has 0 aromatic heterocycles. The lowest BCUT2D eigenvalue weighted by Crippen LogP contribution is -2.41. The van der Waals surface area contributed by atoms with E-state index in [0.717, 1.165) is 11.4 Å². The fourth-order valence-corrected chi connectivity index (χ4v) is 2.09. The van der Waals surface area contributed by atoms with Crippen molar-refractivity contribution in [3.63, 3.8) is 0 Å². The summed E-state index contributed by atoms with van der Waals surface area (Å²) in [5.74, 6) is -0.727. The first-order chi connectivity index (χ1) is 11.4. The molecule has 0 aliphatic carbocycles. The number of nitrogens with one attached hydrogen (secondary N) is 2. The molecular weight excluding hydrogens is 304 g/mol. The van der Waals surface area contributed by atoms with Gasteiger partial charge in [-0.2, -0.15) is 0 Å². The predicted octanol–water partition coefficient (Wildman–Crippen LogP) is 1.89. The molecule has 2 rings (SSSR count). The number of hydrogen-bond acceptors (Lipinski definition) is 4. The summed E-state index contributed by atoms with van der Waals surface area (Å²) in [6.45, 7) is 0. The van der Waals surface area contributed by atoms with E-state index in [1.807, 2.05) is 56.2 Å². The van der Waals surface area contributed by atoms with E-state index in [9.17, 15) is 9.59 Å². The SMILES string of the molecule is CN(C)c1ccc(C(=O)NNC(=O)c2cccc(N(C)C)c2)cc1. The van der Waals surface area contributed by atoms with Crippen molar-refractivity contribution in [2.45, 2.75) is 0 Å². The van der Waals surface area contributed by atoms with Gasteiger partial charge in [0.25, 0.3) is 11.8 Å². The first kappa shape index (κ1) is 17.3. The van der Waals surface area contributed by atoms with Crippen LogP contribution in [0.3, 0.4) is 0 Å². The first-order valence-electron chi connectivity index (χ1n) is 7.54. The number of anilines is 2. The maximum absolute atomic E-state index is 12.1. The minimum Gasteiger partial charge on any atom is -0.378 e. The van der Waals surface area contributed by atoms with Gasteiger partial charge in [-0.1, -0.05) is 6.07 Å². The summed E-state index contributed by atoms with van der Waals surface area (Å²) in [6, 6.07) is 14.3. The smallest absolute Gasteiger partial charge is 0.269 e. The van der Waals surface area contributed by atoms with Crippen molar-refractivity contribution in [1.29, 1.82) is 0 Å². The Morgan fingerprint density at radius 3 is 1.79 bits per heavy atom. The standard InChI is InChI=1S/C18H22N4O2/c1-21(2)15-10-8-13(9-11-15)17(23)19-20-18(24)14-6-5-7-16(12-14)22(3)4/h5-12H,1-4H3,(H,19,23)(H,20,24). The van der Waals surface area contributed by atoms with Gasteiger partial charge in [-0.25, -0.2) is 0 Å². The summed E-state index contributed by atoms with van der Waals surface area (Å²) in [6.07, 6.45) is 0. The zero-order valence-electron chi connectivity index (χ0n) is 14.3. The van der Waals surface area contributed by atoms with Crippen molar-refractivity contribution < 1.29 is 9.59 Å². The second kappa shape index (κ2) is 7.50. The second-order valence-electron chi connectivity index (χ2n) is 5.79. The summed E-state index contributed by atoms with van der Waals surface area (Å²) >= 11 is 0. The third-order valence-electron chi connectivity index (χ3n) is 3.56. The summed E-state index contributed by atoms with van der Waals surface area (Å²) in [5, 5.41) is 0. The van der Waals surface area contributed by atoms with E-state index in [0.29, 0.717) is 11.1 Å². The van der Waals surface area contributed by atoms with Crippen LogP contribution in [0.1, 0.15) is 20.7 Å². The average molecular weight is 326 g/mol. The molecule has 0 aliphatic heterocycles. The van der Waals surface area contributed by atoms with E-state index in [2.05, 4.69) is 10.9 Å². The summed E-state index contributed by atoms with van der Waals surface area (Å²) < 4.78 is 0. The highest BCUT2D eigenvalue weighted by Crippen LogP contribution is 2.13. The van der Waals surface area contributed by atoms with Crippen LogP contribution in [-0.2, 0) is 0 Å². The number of rotatable bonds is 4. The third-order valence-corrected chi connectivity index (χ3v) is 3.56. The highest BCUT2D eigenvalue weighted by molar-refractivity contribution is 5.99. The van der Waals surface area contributed by atoms with Crippen molar-refractivity contribution >= 4 is 23.2 Å². The van der Waals surface area contributed by atoms with E-state index in [-0.39, 0.29) is 11.8 Å². The van der Waals surface area contributed by atoms with Crippen LogP contribution in [0.4, 0.5) is 11.4 Å². The van der Waals surface area contributed by atoms with Gasteiger partial charge in [0.2, 0.25) is 0 Å². The van der Waals surface area contributed by atoms with E-state index in [4.69, 9.17) is 0 Å². The lowest BCUT2D eigenvalue weighted by atomic mass is 10.2. The molecule has 2 N–H and O–H groups in total. The van der Waals surface area contributed by atoms with E-state index in [1.54, 1.807) is 30.3 Å². The Kier molecular flexibility index (Phi) is 5.42. The normalized spacial score (nSPS) is 10.0. The van der Waals surface area contributed by atoms with Gasteiger partial charge in [0.05, 0.1) is 0 Å². The summed E-state index contributed by atoms with van der Waals surface area (Å²) in [5.41, 5.74) is 7.72. The van der Waals surface area contributed by atoms with Gasteiger partial charge in [-0.3, -0.25) is 20.4 Å². The van der Waals surface area contributed by atoms with E-state index in [1.165, 1.54) is 0 Å². The molecule has 0 atom stereocenters. The summed E-state index contributed by atoms with van der Waals surface area (Å²) in [7, 11) is 7.65. The van der Waals surface area contributed by atoms with Crippen LogP contribution in [0.15, 0.2) is 48.5 Å². The number of carbonyl (C=O) groups is 2. The maximum atomic E-state index is 12.1. The van der Waals surface area contributed by atoms with Crippen molar-refractivity contribution in [3.05, 3.63) is 59.7 Å². The molecule has 2 amide bonds. The highest BCUT2D eigenvalue weighted by atomic mass is 16.2. The molecule has 0 radical (unpaired) electrons. The van der Waals surface area contributed by atoms with Gasteiger partial charge in [0.15, 0.2) is 0 Å². The molecule has 126 valence electrons. The third kappa shape index (κ3) is 4.25. The Morgan fingerprint density at radius 1 is 0.708 bits per heavy atom.